The van der Waals surface area contributed by atoms with Gasteiger partial charge in [0.25, 0.3) is 0 Å². The van der Waals surface area contributed by atoms with E-state index >= 15 is 0 Å². The summed E-state index contributed by atoms with van der Waals surface area (Å²) in [6, 6.07) is 8.55. The van der Waals surface area contributed by atoms with E-state index in [9.17, 15) is 5.26 Å². The summed E-state index contributed by atoms with van der Waals surface area (Å²) in [5, 5.41) is 9.40. The number of hydrogen-bond acceptors (Lipinski definition) is 3. The summed E-state index contributed by atoms with van der Waals surface area (Å²) < 4.78 is 0. The molecule has 96 valence electrons. The first kappa shape index (κ1) is 13.3. The first-order valence-corrected chi connectivity index (χ1v) is 7.62. The van der Waals surface area contributed by atoms with E-state index in [2.05, 4.69) is 36.9 Å². The number of thioether (sulfide) groups is 1. The number of anilines is 1. The lowest BCUT2D eigenvalue weighted by Gasteiger charge is -2.39. The Hall–Kier alpha value is -1.14. The van der Waals surface area contributed by atoms with E-state index in [0.717, 1.165) is 29.2 Å². The van der Waals surface area contributed by atoms with Crippen LogP contribution in [0.25, 0.3) is 0 Å². The van der Waals surface area contributed by atoms with Gasteiger partial charge in [0.1, 0.15) is 6.07 Å². The van der Waals surface area contributed by atoms with E-state index < -0.39 is 0 Å². The first-order valence-electron chi connectivity index (χ1n) is 6.39. The van der Waals surface area contributed by atoms with Gasteiger partial charge in [-0.2, -0.15) is 5.26 Å². The molecule has 2 nitrogen and oxygen atoms in total. The first-order chi connectivity index (χ1) is 8.57. The van der Waals surface area contributed by atoms with Crippen molar-refractivity contribution in [3.05, 3.63) is 23.8 Å². The quantitative estimate of drug-likeness (QED) is 0.754. The number of benzene rings is 1. The maximum atomic E-state index is 9.40. The maximum absolute atomic E-state index is 9.40. The minimum Gasteiger partial charge on any atom is -0.370 e. The van der Waals surface area contributed by atoms with Crippen LogP contribution in [0.2, 0.25) is 0 Å². The smallest absolute Gasteiger partial charge is 0.103 e. The summed E-state index contributed by atoms with van der Waals surface area (Å²) in [5.74, 6) is 0. The highest BCUT2D eigenvalue weighted by molar-refractivity contribution is 7.98. The Kier molecular flexibility index (Phi) is 3.87. The molecular weight excluding hydrogens is 240 g/mol. The van der Waals surface area contributed by atoms with Crippen LogP contribution in [-0.2, 0) is 0 Å². The van der Waals surface area contributed by atoms with E-state index in [1.807, 2.05) is 12.3 Å². The molecule has 2 rings (SSSR count). The van der Waals surface area contributed by atoms with Crippen molar-refractivity contribution in [3.63, 3.8) is 0 Å². The lowest BCUT2D eigenvalue weighted by molar-refractivity contribution is 0.293. The highest BCUT2D eigenvalue weighted by Crippen LogP contribution is 2.35. The van der Waals surface area contributed by atoms with Gasteiger partial charge < -0.3 is 4.90 Å². The van der Waals surface area contributed by atoms with Gasteiger partial charge in [0.2, 0.25) is 0 Å². The highest BCUT2D eigenvalue weighted by Gasteiger charge is 2.27. The van der Waals surface area contributed by atoms with Gasteiger partial charge >= 0.3 is 0 Å². The van der Waals surface area contributed by atoms with Gasteiger partial charge in [-0.3, -0.25) is 0 Å². The molecule has 1 fully saturated rings. The van der Waals surface area contributed by atoms with Crippen molar-refractivity contribution in [2.45, 2.75) is 31.6 Å². The molecule has 0 saturated carbocycles. The highest BCUT2D eigenvalue weighted by atomic mass is 32.2. The van der Waals surface area contributed by atoms with Gasteiger partial charge in [-0.15, -0.1) is 11.8 Å². The van der Waals surface area contributed by atoms with Gasteiger partial charge in [-0.1, -0.05) is 19.9 Å². The molecule has 0 unspecified atom stereocenters. The molecule has 0 atom stereocenters. The van der Waals surface area contributed by atoms with E-state index in [0.29, 0.717) is 5.41 Å². The topological polar surface area (TPSA) is 27.0 Å². The number of nitrogens with zero attached hydrogens (tertiary/aromatic N) is 2. The van der Waals surface area contributed by atoms with Gasteiger partial charge in [0.05, 0.1) is 11.3 Å². The van der Waals surface area contributed by atoms with Crippen molar-refractivity contribution in [2.75, 3.05) is 24.2 Å². The number of nitriles is 1. The van der Waals surface area contributed by atoms with E-state index in [-0.39, 0.29) is 0 Å². The summed E-state index contributed by atoms with van der Waals surface area (Å²) in [4.78, 5) is 3.46. The van der Waals surface area contributed by atoms with Crippen LogP contribution in [0.4, 0.5) is 5.69 Å². The summed E-state index contributed by atoms with van der Waals surface area (Å²) in [5.41, 5.74) is 2.29. The van der Waals surface area contributed by atoms with Crippen LogP contribution < -0.4 is 4.90 Å². The standard InChI is InChI=1S/C15H20N2S/c1-15(2)8-5-9-17(11-15)13-6-4-7-14(18-3)12(13)10-16/h4,6-7H,5,8-9,11H2,1-3H3. The number of rotatable bonds is 2. The monoisotopic (exact) mass is 260 g/mol. The van der Waals surface area contributed by atoms with E-state index in [4.69, 9.17) is 0 Å². The van der Waals surface area contributed by atoms with Crippen molar-refractivity contribution >= 4 is 17.4 Å². The molecule has 3 heteroatoms. The van der Waals surface area contributed by atoms with Crippen molar-refractivity contribution in [3.8, 4) is 6.07 Å². The number of hydrogen-bond donors (Lipinski definition) is 0. The Balaban J connectivity index is 2.36. The van der Waals surface area contributed by atoms with E-state index in [1.165, 1.54) is 12.8 Å². The van der Waals surface area contributed by atoms with Gasteiger partial charge in [-0.25, -0.2) is 0 Å². The van der Waals surface area contributed by atoms with Crippen molar-refractivity contribution < 1.29 is 0 Å². The zero-order chi connectivity index (χ0) is 13.2. The maximum Gasteiger partial charge on any atom is 0.103 e. The number of piperidine rings is 1. The van der Waals surface area contributed by atoms with Crippen LogP contribution in [-0.4, -0.2) is 19.3 Å². The Morgan fingerprint density at radius 2 is 2.17 bits per heavy atom. The molecule has 0 radical (unpaired) electrons. The molecule has 18 heavy (non-hydrogen) atoms. The third-order valence-electron chi connectivity index (χ3n) is 3.58. The average Bonchev–Trinajstić information content (AvgIpc) is 2.36. The van der Waals surface area contributed by atoms with Crippen molar-refractivity contribution in [1.29, 1.82) is 5.26 Å². The van der Waals surface area contributed by atoms with Crippen molar-refractivity contribution in [2.24, 2.45) is 5.41 Å². The molecule has 0 bridgehead atoms. The largest absolute Gasteiger partial charge is 0.370 e. The zero-order valence-electron chi connectivity index (χ0n) is 11.4. The van der Waals surface area contributed by atoms with Gasteiger partial charge in [-0.05, 0) is 36.6 Å². The molecular formula is C15H20N2S. The molecule has 0 aromatic heterocycles. The summed E-state index contributed by atoms with van der Waals surface area (Å²) in [6.45, 7) is 6.72. The Bertz CT molecular complexity index is 474. The van der Waals surface area contributed by atoms with Crippen LogP contribution in [0.3, 0.4) is 0 Å². The third kappa shape index (κ3) is 2.64. The lowest BCUT2D eigenvalue weighted by atomic mass is 9.84. The molecule has 1 aromatic carbocycles. The molecule has 1 saturated heterocycles. The van der Waals surface area contributed by atoms with Crippen LogP contribution in [0.15, 0.2) is 23.1 Å². The predicted octanol–water partition coefficient (Wildman–Crippen LogP) is 3.91. The predicted molar refractivity (Wildman–Crippen MR) is 78.2 cm³/mol. The van der Waals surface area contributed by atoms with Crippen LogP contribution in [0.5, 0.6) is 0 Å². The summed E-state index contributed by atoms with van der Waals surface area (Å²) >= 11 is 1.65. The zero-order valence-corrected chi connectivity index (χ0v) is 12.2. The Labute approximate surface area is 114 Å². The summed E-state index contributed by atoms with van der Waals surface area (Å²) in [7, 11) is 0. The van der Waals surface area contributed by atoms with Crippen molar-refractivity contribution in [1.82, 2.24) is 0 Å². The Morgan fingerprint density at radius 1 is 1.39 bits per heavy atom. The fourth-order valence-electron chi connectivity index (χ4n) is 2.69. The fraction of sp³-hybridized carbons (Fsp3) is 0.533. The molecule has 0 aliphatic carbocycles. The fourth-order valence-corrected chi connectivity index (χ4v) is 3.26. The molecule has 0 amide bonds. The normalized spacial score (nSPS) is 18.4. The molecule has 1 aliphatic heterocycles. The molecule has 1 aliphatic rings. The second-order valence-electron chi connectivity index (χ2n) is 5.66. The molecule has 0 N–H and O–H groups in total. The van der Waals surface area contributed by atoms with Gasteiger partial charge in [0.15, 0.2) is 0 Å². The second-order valence-corrected chi connectivity index (χ2v) is 6.50. The van der Waals surface area contributed by atoms with Crippen LogP contribution >= 0.6 is 11.8 Å². The lowest BCUT2D eigenvalue weighted by Crippen LogP contribution is -2.40. The molecule has 1 heterocycles. The minimum atomic E-state index is 0.348. The van der Waals surface area contributed by atoms with E-state index in [1.54, 1.807) is 11.8 Å². The van der Waals surface area contributed by atoms with Gasteiger partial charge in [0, 0.05) is 18.0 Å². The third-order valence-corrected chi connectivity index (χ3v) is 4.36. The summed E-state index contributed by atoms with van der Waals surface area (Å²) in [6.07, 6.45) is 4.51. The minimum absolute atomic E-state index is 0.348. The van der Waals surface area contributed by atoms with Crippen LogP contribution in [0.1, 0.15) is 32.3 Å². The average molecular weight is 260 g/mol. The molecule has 0 spiro atoms. The SMILES string of the molecule is CSc1cccc(N2CCCC(C)(C)C2)c1C#N. The van der Waals surface area contributed by atoms with Crippen LogP contribution in [0, 0.1) is 16.7 Å². The molecule has 1 aromatic rings. The second kappa shape index (κ2) is 5.24. The Morgan fingerprint density at radius 3 is 2.78 bits per heavy atom.